The summed E-state index contributed by atoms with van der Waals surface area (Å²) < 4.78 is 34.8. The zero-order valence-electron chi connectivity index (χ0n) is 3.98. The van der Waals surface area contributed by atoms with E-state index in [1.165, 1.54) is 0 Å². The van der Waals surface area contributed by atoms with E-state index in [9.17, 15) is 12.3 Å². The van der Waals surface area contributed by atoms with Crippen molar-refractivity contribution in [2.24, 2.45) is 0 Å². The van der Waals surface area contributed by atoms with Crippen LogP contribution in [0.25, 0.3) is 0 Å². The maximum absolute atomic E-state index is 11.8. The third kappa shape index (κ3) is 1.42. The van der Waals surface area contributed by atoms with Crippen LogP contribution in [0.2, 0.25) is 0 Å². The standard InChI is InChI=1S/C2HFN2O2S2/c3-9(6,7)2-4-1-8-5-2/h1H. The smallest absolute Gasteiger partial charge is 0.211 e. The summed E-state index contributed by atoms with van der Waals surface area (Å²) in [5.74, 6) is 0. The van der Waals surface area contributed by atoms with Crippen molar-refractivity contribution in [3.63, 3.8) is 0 Å². The van der Waals surface area contributed by atoms with E-state index in [1.807, 2.05) is 0 Å². The molecule has 0 atom stereocenters. The molecule has 1 aromatic rings. The van der Waals surface area contributed by atoms with Gasteiger partial charge in [-0.05, 0) is 11.5 Å². The van der Waals surface area contributed by atoms with Gasteiger partial charge in [0, 0.05) is 0 Å². The fourth-order valence-corrected chi connectivity index (χ4v) is 1.33. The molecule has 0 spiro atoms. The van der Waals surface area contributed by atoms with Gasteiger partial charge in [0.05, 0.1) is 0 Å². The monoisotopic (exact) mass is 168 g/mol. The molecular formula is C2HFN2O2S2. The van der Waals surface area contributed by atoms with Crippen molar-refractivity contribution in [1.82, 2.24) is 9.36 Å². The minimum atomic E-state index is -4.67. The number of hydrogen-bond acceptors (Lipinski definition) is 5. The quantitative estimate of drug-likeness (QED) is 0.562. The predicted octanol–water partition coefficient (Wildman–Crippen LogP) is 0.196. The average molecular weight is 168 g/mol. The number of halogens is 1. The number of rotatable bonds is 1. The molecular weight excluding hydrogens is 167 g/mol. The molecule has 0 aliphatic rings. The first-order chi connectivity index (χ1) is 4.11. The van der Waals surface area contributed by atoms with Crippen molar-refractivity contribution in [3.8, 4) is 0 Å². The molecule has 9 heavy (non-hydrogen) atoms. The van der Waals surface area contributed by atoms with E-state index in [2.05, 4.69) is 9.36 Å². The van der Waals surface area contributed by atoms with Crippen LogP contribution in [-0.2, 0) is 10.2 Å². The van der Waals surface area contributed by atoms with Crippen molar-refractivity contribution in [2.75, 3.05) is 0 Å². The van der Waals surface area contributed by atoms with Gasteiger partial charge in [-0.3, -0.25) is 0 Å². The molecule has 1 rings (SSSR count). The van der Waals surface area contributed by atoms with Crippen molar-refractivity contribution in [2.45, 2.75) is 5.16 Å². The second-order valence-electron chi connectivity index (χ2n) is 1.15. The zero-order valence-corrected chi connectivity index (χ0v) is 5.62. The first-order valence-corrected chi connectivity index (χ1v) is 4.04. The van der Waals surface area contributed by atoms with Crippen LogP contribution in [0.3, 0.4) is 0 Å². The highest BCUT2D eigenvalue weighted by atomic mass is 32.3. The lowest BCUT2D eigenvalue weighted by atomic mass is 11.3. The summed E-state index contributed by atoms with van der Waals surface area (Å²) in [6.45, 7) is 0. The Morgan fingerprint density at radius 3 is 2.56 bits per heavy atom. The molecule has 4 nitrogen and oxygen atoms in total. The third-order valence-corrected chi connectivity index (χ3v) is 1.79. The molecule has 0 fully saturated rings. The predicted molar refractivity (Wildman–Crippen MR) is 28.2 cm³/mol. The van der Waals surface area contributed by atoms with Gasteiger partial charge in [-0.25, -0.2) is 4.98 Å². The van der Waals surface area contributed by atoms with Crippen LogP contribution in [0.5, 0.6) is 0 Å². The molecule has 50 valence electrons. The number of nitrogens with zero attached hydrogens (tertiary/aromatic N) is 2. The molecule has 0 aliphatic carbocycles. The van der Waals surface area contributed by atoms with Crippen molar-refractivity contribution in [1.29, 1.82) is 0 Å². The Morgan fingerprint density at radius 2 is 2.33 bits per heavy atom. The maximum atomic E-state index is 11.8. The molecule has 0 bridgehead atoms. The molecule has 0 aliphatic heterocycles. The summed E-state index contributed by atoms with van der Waals surface area (Å²) in [6.07, 6.45) is 0. The van der Waals surface area contributed by atoms with E-state index in [4.69, 9.17) is 0 Å². The van der Waals surface area contributed by atoms with Crippen LogP contribution in [-0.4, -0.2) is 17.8 Å². The molecule has 1 aromatic heterocycles. The van der Waals surface area contributed by atoms with Gasteiger partial charge in [0.2, 0.25) is 0 Å². The lowest BCUT2D eigenvalue weighted by Gasteiger charge is -1.78. The number of aromatic nitrogens is 2. The highest BCUT2D eigenvalue weighted by molar-refractivity contribution is 7.86. The van der Waals surface area contributed by atoms with E-state index in [0.29, 0.717) is 0 Å². The maximum Gasteiger partial charge on any atom is 0.369 e. The van der Waals surface area contributed by atoms with Crippen LogP contribution in [0.1, 0.15) is 0 Å². The number of hydrogen-bond donors (Lipinski definition) is 0. The summed E-state index contributed by atoms with van der Waals surface area (Å²) in [5.41, 5.74) is 1.15. The molecule has 1 heterocycles. The second-order valence-corrected chi connectivity index (χ2v) is 3.00. The lowest BCUT2D eigenvalue weighted by Crippen LogP contribution is -1.92. The van der Waals surface area contributed by atoms with Crippen molar-refractivity contribution >= 4 is 21.8 Å². The molecule has 0 saturated carbocycles. The van der Waals surface area contributed by atoms with Crippen LogP contribution in [0.4, 0.5) is 3.89 Å². The zero-order chi connectivity index (χ0) is 6.91. The van der Waals surface area contributed by atoms with Gasteiger partial charge in [0.1, 0.15) is 5.51 Å². The van der Waals surface area contributed by atoms with Crippen LogP contribution in [0, 0.1) is 0 Å². The molecule has 0 radical (unpaired) electrons. The van der Waals surface area contributed by atoms with E-state index in [0.717, 1.165) is 17.0 Å². The Morgan fingerprint density at radius 1 is 1.67 bits per heavy atom. The Labute approximate surface area is 54.7 Å². The van der Waals surface area contributed by atoms with E-state index in [1.54, 1.807) is 0 Å². The molecule has 0 unspecified atom stereocenters. The van der Waals surface area contributed by atoms with Gasteiger partial charge in [-0.1, -0.05) is 3.89 Å². The second kappa shape index (κ2) is 1.99. The van der Waals surface area contributed by atoms with Crippen LogP contribution < -0.4 is 0 Å². The Balaban J connectivity index is 3.20. The molecule has 0 aromatic carbocycles. The average Bonchev–Trinajstić information content (AvgIpc) is 2.08. The van der Waals surface area contributed by atoms with Crippen molar-refractivity contribution < 1.29 is 12.3 Å². The Bertz CT molecular complexity index is 278. The fraction of sp³-hybridized carbons (Fsp3) is 0. The molecule has 0 saturated heterocycles. The summed E-state index contributed by atoms with van der Waals surface area (Å²) >= 11 is 0.786. The Kier molecular flexibility index (Phi) is 1.45. The summed E-state index contributed by atoms with van der Waals surface area (Å²) in [7, 11) is -4.67. The summed E-state index contributed by atoms with van der Waals surface area (Å²) in [4.78, 5) is 3.13. The van der Waals surface area contributed by atoms with E-state index >= 15 is 0 Å². The lowest BCUT2D eigenvalue weighted by molar-refractivity contribution is 0.544. The minimum Gasteiger partial charge on any atom is -0.211 e. The van der Waals surface area contributed by atoms with E-state index in [-0.39, 0.29) is 0 Å². The highest BCUT2D eigenvalue weighted by Crippen LogP contribution is 2.05. The Hall–Kier alpha value is -0.560. The van der Waals surface area contributed by atoms with Gasteiger partial charge in [0.15, 0.2) is 0 Å². The fourth-order valence-electron chi connectivity index (χ4n) is 0.268. The SMILES string of the molecule is O=S(=O)(F)c1ncsn1. The minimum absolute atomic E-state index is 0.757. The van der Waals surface area contributed by atoms with E-state index < -0.39 is 15.4 Å². The van der Waals surface area contributed by atoms with Crippen LogP contribution >= 0.6 is 11.5 Å². The molecule has 0 N–H and O–H groups in total. The first kappa shape index (κ1) is 6.56. The van der Waals surface area contributed by atoms with Gasteiger partial charge in [0.25, 0.3) is 5.16 Å². The van der Waals surface area contributed by atoms with Gasteiger partial charge >= 0.3 is 10.2 Å². The van der Waals surface area contributed by atoms with Crippen molar-refractivity contribution in [3.05, 3.63) is 5.51 Å². The molecule has 7 heteroatoms. The topological polar surface area (TPSA) is 59.9 Å². The largest absolute Gasteiger partial charge is 0.369 e. The molecule has 0 amide bonds. The third-order valence-electron chi connectivity index (χ3n) is 0.559. The first-order valence-electron chi connectivity index (χ1n) is 1.82. The van der Waals surface area contributed by atoms with Gasteiger partial charge in [-0.2, -0.15) is 12.8 Å². The summed E-state index contributed by atoms with van der Waals surface area (Å²) in [6, 6.07) is 0. The highest BCUT2D eigenvalue weighted by Gasteiger charge is 2.15. The van der Waals surface area contributed by atoms with Gasteiger partial charge < -0.3 is 0 Å². The normalized spacial score (nSPS) is 11.7. The van der Waals surface area contributed by atoms with Crippen LogP contribution in [0.15, 0.2) is 10.7 Å². The van der Waals surface area contributed by atoms with Gasteiger partial charge in [-0.15, -0.1) is 0 Å². The summed E-state index contributed by atoms with van der Waals surface area (Å²) in [5, 5.41) is -0.757.